The molecule has 1 N–H and O–H groups in total. The number of sulfone groups is 1. The second-order valence-corrected chi connectivity index (χ2v) is 8.96. The fraction of sp³-hybridized carbons (Fsp3) is 0.625. The zero-order chi connectivity index (χ0) is 14.8. The van der Waals surface area contributed by atoms with E-state index < -0.39 is 14.6 Å². The van der Waals surface area contributed by atoms with Crippen LogP contribution in [0.25, 0.3) is 0 Å². The number of rotatable bonds is 4. The Morgan fingerprint density at radius 1 is 1.25 bits per heavy atom. The standard InChI is InChI=1S/C16H25NO2S/c1-16(2,20(3,18)19)15-8-6-13(7-9-15)11-14-5-4-10-17-12-14/h6-9,14,17H,4-5,10-12H2,1-3H3. The molecule has 1 heterocycles. The molecule has 1 atom stereocenters. The molecule has 1 saturated heterocycles. The minimum absolute atomic E-state index is 0.706. The lowest BCUT2D eigenvalue weighted by molar-refractivity contribution is 0.376. The van der Waals surface area contributed by atoms with Gasteiger partial charge in [0.25, 0.3) is 0 Å². The molecule has 0 aromatic heterocycles. The van der Waals surface area contributed by atoms with E-state index in [2.05, 4.69) is 17.4 Å². The predicted molar refractivity (Wildman–Crippen MR) is 83.6 cm³/mol. The summed E-state index contributed by atoms with van der Waals surface area (Å²) >= 11 is 0. The molecule has 0 radical (unpaired) electrons. The minimum atomic E-state index is -3.11. The number of hydrogen-bond donors (Lipinski definition) is 1. The summed E-state index contributed by atoms with van der Waals surface area (Å²) in [5.41, 5.74) is 2.16. The first-order chi connectivity index (χ1) is 9.30. The van der Waals surface area contributed by atoms with Gasteiger partial charge in [-0.25, -0.2) is 8.42 Å². The quantitative estimate of drug-likeness (QED) is 0.928. The number of nitrogens with one attached hydrogen (secondary N) is 1. The van der Waals surface area contributed by atoms with Crippen LogP contribution >= 0.6 is 0 Å². The Kier molecular flexibility index (Phi) is 4.55. The molecule has 1 aromatic rings. The van der Waals surface area contributed by atoms with Crippen molar-refractivity contribution < 1.29 is 8.42 Å². The van der Waals surface area contributed by atoms with E-state index in [9.17, 15) is 8.42 Å². The lowest BCUT2D eigenvalue weighted by Crippen LogP contribution is -2.31. The lowest BCUT2D eigenvalue weighted by atomic mass is 9.91. The maximum absolute atomic E-state index is 11.8. The number of benzene rings is 1. The third kappa shape index (κ3) is 3.41. The average Bonchev–Trinajstić information content (AvgIpc) is 2.39. The summed E-state index contributed by atoms with van der Waals surface area (Å²) in [5, 5.41) is 3.43. The minimum Gasteiger partial charge on any atom is -0.316 e. The summed E-state index contributed by atoms with van der Waals surface area (Å²) in [4.78, 5) is 0. The molecule has 1 aliphatic heterocycles. The molecule has 112 valence electrons. The Morgan fingerprint density at radius 3 is 2.40 bits per heavy atom. The summed E-state index contributed by atoms with van der Waals surface area (Å²) in [6, 6.07) is 8.09. The molecule has 1 unspecified atom stereocenters. The van der Waals surface area contributed by atoms with Crippen LogP contribution in [0.3, 0.4) is 0 Å². The van der Waals surface area contributed by atoms with Gasteiger partial charge in [-0.05, 0) is 63.2 Å². The van der Waals surface area contributed by atoms with Crippen molar-refractivity contribution in [3.63, 3.8) is 0 Å². The molecular weight excluding hydrogens is 270 g/mol. The molecule has 3 nitrogen and oxygen atoms in total. The first kappa shape index (κ1) is 15.5. The monoisotopic (exact) mass is 295 g/mol. The van der Waals surface area contributed by atoms with Crippen molar-refractivity contribution in [2.45, 2.75) is 37.9 Å². The van der Waals surface area contributed by atoms with E-state index in [0.717, 1.165) is 25.1 Å². The van der Waals surface area contributed by atoms with Gasteiger partial charge in [-0.3, -0.25) is 0 Å². The molecule has 0 bridgehead atoms. The zero-order valence-corrected chi connectivity index (χ0v) is 13.5. The fourth-order valence-corrected chi connectivity index (χ4v) is 3.25. The average molecular weight is 295 g/mol. The van der Waals surface area contributed by atoms with Crippen LogP contribution in [0.1, 0.15) is 37.8 Å². The molecule has 2 rings (SSSR count). The van der Waals surface area contributed by atoms with Gasteiger partial charge >= 0.3 is 0 Å². The van der Waals surface area contributed by atoms with E-state index in [0.29, 0.717) is 5.92 Å². The Labute approximate surface area is 122 Å². The third-order valence-corrected chi connectivity index (χ3v) is 6.59. The van der Waals surface area contributed by atoms with Crippen LogP contribution in [0.2, 0.25) is 0 Å². The summed E-state index contributed by atoms with van der Waals surface area (Å²) in [5.74, 6) is 0.706. The van der Waals surface area contributed by atoms with Gasteiger partial charge in [-0.2, -0.15) is 0 Å². The highest BCUT2D eigenvalue weighted by atomic mass is 32.2. The fourth-order valence-electron chi connectivity index (χ4n) is 2.69. The van der Waals surface area contributed by atoms with Gasteiger partial charge < -0.3 is 5.32 Å². The predicted octanol–water partition coefficient (Wildman–Crippen LogP) is 2.51. The molecule has 1 fully saturated rings. The van der Waals surface area contributed by atoms with E-state index >= 15 is 0 Å². The topological polar surface area (TPSA) is 46.2 Å². The first-order valence-corrected chi connectivity index (χ1v) is 9.19. The summed E-state index contributed by atoms with van der Waals surface area (Å²) < 4.78 is 22.9. The summed E-state index contributed by atoms with van der Waals surface area (Å²) in [6.45, 7) is 5.76. The van der Waals surface area contributed by atoms with Gasteiger partial charge in [0.2, 0.25) is 0 Å². The van der Waals surface area contributed by atoms with Gasteiger partial charge in [0.1, 0.15) is 0 Å². The van der Waals surface area contributed by atoms with Crippen molar-refractivity contribution in [1.82, 2.24) is 5.32 Å². The van der Waals surface area contributed by atoms with Crippen molar-refractivity contribution in [3.05, 3.63) is 35.4 Å². The lowest BCUT2D eigenvalue weighted by Gasteiger charge is -2.25. The van der Waals surface area contributed by atoms with Crippen LogP contribution < -0.4 is 5.32 Å². The van der Waals surface area contributed by atoms with Gasteiger partial charge in [-0.1, -0.05) is 24.3 Å². The van der Waals surface area contributed by atoms with Crippen LogP contribution in [0.15, 0.2) is 24.3 Å². The van der Waals surface area contributed by atoms with E-state index in [1.54, 1.807) is 13.8 Å². The van der Waals surface area contributed by atoms with Crippen molar-refractivity contribution in [2.75, 3.05) is 19.3 Å². The van der Waals surface area contributed by atoms with Crippen molar-refractivity contribution in [1.29, 1.82) is 0 Å². The van der Waals surface area contributed by atoms with Crippen molar-refractivity contribution in [2.24, 2.45) is 5.92 Å². The van der Waals surface area contributed by atoms with Crippen molar-refractivity contribution >= 4 is 9.84 Å². The van der Waals surface area contributed by atoms with E-state index in [4.69, 9.17) is 0 Å². The van der Waals surface area contributed by atoms with E-state index in [1.165, 1.54) is 24.7 Å². The number of piperidine rings is 1. The SMILES string of the molecule is CC(C)(c1ccc(CC2CCCNC2)cc1)S(C)(=O)=O. The highest BCUT2D eigenvalue weighted by Crippen LogP contribution is 2.29. The van der Waals surface area contributed by atoms with Crippen LogP contribution in [0, 0.1) is 5.92 Å². The van der Waals surface area contributed by atoms with Gasteiger partial charge in [-0.15, -0.1) is 0 Å². The van der Waals surface area contributed by atoms with Crippen LogP contribution in [0.5, 0.6) is 0 Å². The normalized spacial score (nSPS) is 20.9. The van der Waals surface area contributed by atoms with Crippen LogP contribution in [-0.2, 0) is 21.0 Å². The zero-order valence-electron chi connectivity index (χ0n) is 12.6. The molecular formula is C16H25NO2S. The number of hydrogen-bond acceptors (Lipinski definition) is 3. The highest BCUT2D eigenvalue weighted by Gasteiger charge is 2.32. The maximum Gasteiger partial charge on any atom is 0.156 e. The maximum atomic E-state index is 11.8. The first-order valence-electron chi connectivity index (χ1n) is 7.30. The van der Waals surface area contributed by atoms with E-state index in [1.807, 2.05) is 12.1 Å². The van der Waals surface area contributed by atoms with Crippen LogP contribution in [0.4, 0.5) is 0 Å². The Balaban J connectivity index is 2.10. The summed E-state index contributed by atoms with van der Waals surface area (Å²) in [7, 11) is -3.11. The van der Waals surface area contributed by atoms with Crippen molar-refractivity contribution in [3.8, 4) is 0 Å². The van der Waals surface area contributed by atoms with Crippen LogP contribution in [-0.4, -0.2) is 27.8 Å². The van der Waals surface area contributed by atoms with E-state index in [-0.39, 0.29) is 0 Å². The van der Waals surface area contributed by atoms with Gasteiger partial charge in [0, 0.05) is 6.26 Å². The molecule has 20 heavy (non-hydrogen) atoms. The Morgan fingerprint density at radius 2 is 1.90 bits per heavy atom. The Hall–Kier alpha value is -0.870. The van der Waals surface area contributed by atoms with Gasteiger partial charge in [0.15, 0.2) is 9.84 Å². The molecule has 0 amide bonds. The molecule has 1 aromatic carbocycles. The Bertz CT molecular complexity index is 540. The third-order valence-electron chi connectivity index (χ3n) is 4.50. The smallest absolute Gasteiger partial charge is 0.156 e. The molecule has 0 aliphatic carbocycles. The molecule has 4 heteroatoms. The second-order valence-electron chi connectivity index (χ2n) is 6.40. The largest absolute Gasteiger partial charge is 0.316 e. The molecule has 0 spiro atoms. The molecule has 1 aliphatic rings. The highest BCUT2D eigenvalue weighted by molar-refractivity contribution is 7.91. The second kappa shape index (κ2) is 5.86. The van der Waals surface area contributed by atoms with Gasteiger partial charge in [0.05, 0.1) is 4.75 Å². The summed E-state index contributed by atoms with van der Waals surface area (Å²) in [6.07, 6.45) is 4.91. The molecule has 0 saturated carbocycles.